The van der Waals surface area contributed by atoms with Crippen molar-refractivity contribution in [3.05, 3.63) is 42.0 Å². The minimum absolute atomic E-state index is 0.898. The highest BCUT2D eigenvalue weighted by atomic mass is 16.4. The normalized spacial score (nSPS) is 12.6. The third kappa shape index (κ3) is 7.94. The molecule has 0 amide bonds. The molecule has 0 saturated carbocycles. The van der Waals surface area contributed by atoms with E-state index in [9.17, 15) is 19.2 Å². The number of benzene rings is 1. The Hall–Kier alpha value is -2.88. The van der Waals surface area contributed by atoms with E-state index in [-0.39, 0.29) is 0 Å². The van der Waals surface area contributed by atoms with Crippen molar-refractivity contribution in [3.8, 4) is 0 Å². The van der Waals surface area contributed by atoms with Crippen LogP contribution in [0.3, 0.4) is 0 Å². The Morgan fingerprint density at radius 3 is 1.96 bits per heavy atom. The van der Waals surface area contributed by atoms with Crippen LogP contribution in [-0.4, -0.2) is 67.9 Å². The topological polar surface area (TPSA) is 169 Å². The van der Waals surface area contributed by atoms with E-state index in [4.69, 9.17) is 25.5 Å². The molecule has 1 aromatic carbocycles. The van der Waals surface area contributed by atoms with Crippen LogP contribution in [0.15, 0.2) is 36.4 Å². The van der Waals surface area contributed by atoms with Gasteiger partial charge < -0.3 is 25.5 Å². The molecule has 0 radical (unpaired) electrons. The Labute approximate surface area is 136 Å². The number of rotatable bonds is 7. The monoisotopic (exact) mass is 340 g/mol. The van der Waals surface area contributed by atoms with Crippen LogP contribution >= 0.6 is 0 Å². The summed E-state index contributed by atoms with van der Waals surface area (Å²) in [7, 11) is 0. The van der Waals surface area contributed by atoms with Crippen molar-refractivity contribution in [3.63, 3.8) is 0 Å². The van der Waals surface area contributed by atoms with Crippen molar-refractivity contribution in [1.82, 2.24) is 0 Å². The van der Waals surface area contributed by atoms with Gasteiger partial charge >= 0.3 is 17.7 Å². The molecule has 130 valence electrons. The fourth-order valence-electron chi connectivity index (χ4n) is 1.25. The predicted octanol–water partition coefficient (Wildman–Crippen LogP) is -1.29. The summed E-state index contributed by atoms with van der Waals surface area (Å²) in [6.07, 6.45) is -1.37. The average Bonchev–Trinajstić information content (AvgIpc) is 2.58. The highest BCUT2D eigenvalue weighted by molar-refractivity contribution is 6.62. The summed E-state index contributed by atoms with van der Waals surface area (Å²) >= 11 is 0. The van der Waals surface area contributed by atoms with Gasteiger partial charge in [0.15, 0.2) is 0 Å². The zero-order valence-corrected chi connectivity index (χ0v) is 12.3. The lowest BCUT2D eigenvalue weighted by molar-refractivity contribution is -0.157. The smallest absolute Gasteiger partial charge is 0.380 e. The SMILES string of the molecule is O=C(O)C(=O)C(=O)[C@H](O)[C@@H](O)CO.O=C(O)C=Cc1ccccc1. The largest absolute Gasteiger partial charge is 0.478 e. The Morgan fingerprint density at radius 1 is 1.00 bits per heavy atom. The maximum atomic E-state index is 10.6. The molecule has 1 aromatic rings. The second-order valence-electron chi connectivity index (χ2n) is 4.28. The van der Waals surface area contributed by atoms with Crippen LogP contribution < -0.4 is 0 Å². The molecule has 9 heteroatoms. The first-order valence-corrected chi connectivity index (χ1v) is 6.45. The molecular formula is C15H16O9. The Balaban J connectivity index is 0.000000446. The Morgan fingerprint density at radius 2 is 1.54 bits per heavy atom. The maximum Gasteiger partial charge on any atom is 0.380 e. The van der Waals surface area contributed by atoms with Crippen molar-refractivity contribution in [2.75, 3.05) is 6.61 Å². The van der Waals surface area contributed by atoms with Gasteiger partial charge in [-0.15, -0.1) is 0 Å². The summed E-state index contributed by atoms with van der Waals surface area (Å²) < 4.78 is 0. The van der Waals surface area contributed by atoms with Gasteiger partial charge in [-0.2, -0.15) is 0 Å². The van der Waals surface area contributed by atoms with E-state index >= 15 is 0 Å². The fraction of sp³-hybridized carbons (Fsp3) is 0.200. The van der Waals surface area contributed by atoms with Crippen LogP contribution in [0.4, 0.5) is 0 Å². The van der Waals surface area contributed by atoms with Crippen LogP contribution in [0.2, 0.25) is 0 Å². The number of aliphatic carboxylic acids is 2. The van der Waals surface area contributed by atoms with Crippen LogP contribution in [0.1, 0.15) is 5.56 Å². The number of ketones is 2. The molecule has 0 bridgehead atoms. The molecule has 0 unspecified atom stereocenters. The lowest BCUT2D eigenvalue weighted by atomic mass is 10.1. The van der Waals surface area contributed by atoms with Gasteiger partial charge in [-0.05, 0) is 11.6 Å². The molecule has 0 aromatic heterocycles. The van der Waals surface area contributed by atoms with Crippen molar-refractivity contribution < 1.29 is 44.7 Å². The molecule has 9 nitrogen and oxygen atoms in total. The van der Waals surface area contributed by atoms with E-state index in [1.54, 1.807) is 6.08 Å². The summed E-state index contributed by atoms with van der Waals surface area (Å²) in [5.41, 5.74) is 0.898. The molecular weight excluding hydrogens is 324 g/mol. The second-order valence-corrected chi connectivity index (χ2v) is 4.28. The fourth-order valence-corrected chi connectivity index (χ4v) is 1.25. The number of carbonyl (C=O) groups excluding carboxylic acids is 2. The van der Waals surface area contributed by atoms with Crippen molar-refractivity contribution in [1.29, 1.82) is 0 Å². The Kier molecular flexibility index (Phi) is 9.49. The van der Waals surface area contributed by atoms with Crippen molar-refractivity contribution >= 4 is 29.6 Å². The molecule has 0 aliphatic carbocycles. The third-order valence-electron chi connectivity index (χ3n) is 2.46. The molecule has 5 N–H and O–H groups in total. The maximum absolute atomic E-state index is 10.6. The van der Waals surface area contributed by atoms with Crippen LogP contribution in [-0.2, 0) is 19.2 Å². The zero-order chi connectivity index (χ0) is 18.7. The highest BCUT2D eigenvalue weighted by Crippen LogP contribution is 2.00. The summed E-state index contributed by atoms with van der Waals surface area (Å²) in [4.78, 5) is 41.1. The van der Waals surface area contributed by atoms with Gasteiger partial charge in [0.2, 0.25) is 5.78 Å². The predicted molar refractivity (Wildman–Crippen MR) is 79.9 cm³/mol. The molecule has 0 aliphatic rings. The first-order valence-electron chi connectivity index (χ1n) is 6.45. The summed E-state index contributed by atoms with van der Waals surface area (Å²) in [6, 6.07) is 9.31. The summed E-state index contributed by atoms with van der Waals surface area (Å²) in [5.74, 6) is -6.43. The number of hydrogen-bond donors (Lipinski definition) is 5. The highest BCUT2D eigenvalue weighted by Gasteiger charge is 2.32. The molecule has 0 fully saturated rings. The standard InChI is InChI=1S/C9H8O2.C6H8O7/c10-9(11)7-6-8-4-2-1-3-5-8;7-1-2(8)3(9)4(10)5(11)6(12)13/h1-7H,(H,10,11);2-3,7-9H,1H2,(H,12,13)/t;2-,3+/m.0/s1. The van der Waals surface area contributed by atoms with E-state index < -0.39 is 42.3 Å². The van der Waals surface area contributed by atoms with Gasteiger partial charge in [-0.3, -0.25) is 9.59 Å². The molecule has 0 heterocycles. The molecule has 1 rings (SSSR count). The number of carboxylic acid groups (broad SMARTS) is 2. The Bertz CT molecular complexity index is 607. The first kappa shape index (κ1) is 21.1. The van der Waals surface area contributed by atoms with Crippen LogP contribution in [0.5, 0.6) is 0 Å². The van der Waals surface area contributed by atoms with Gasteiger partial charge in [0.05, 0.1) is 6.61 Å². The number of Topliss-reactive ketones (excluding diaryl/α,β-unsaturated/α-hetero) is 2. The lowest BCUT2D eigenvalue weighted by Crippen LogP contribution is -2.42. The van der Waals surface area contributed by atoms with E-state index in [0.29, 0.717) is 0 Å². The number of hydrogen-bond acceptors (Lipinski definition) is 7. The van der Waals surface area contributed by atoms with Gasteiger partial charge in [0.1, 0.15) is 12.2 Å². The van der Waals surface area contributed by atoms with E-state index in [1.165, 1.54) is 0 Å². The summed E-state index contributed by atoms with van der Waals surface area (Å²) in [5, 5.41) is 42.0. The van der Waals surface area contributed by atoms with Gasteiger partial charge in [0.25, 0.3) is 0 Å². The number of aliphatic hydroxyl groups excluding tert-OH is 3. The first-order chi connectivity index (χ1) is 11.2. The van der Waals surface area contributed by atoms with Crippen LogP contribution in [0, 0.1) is 0 Å². The second kappa shape index (κ2) is 10.8. The molecule has 24 heavy (non-hydrogen) atoms. The van der Waals surface area contributed by atoms with E-state index in [0.717, 1.165) is 11.6 Å². The van der Waals surface area contributed by atoms with Crippen molar-refractivity contribution in [2.45, 2.75) is 12.2 Å². The number of carboxylic acids is 2. The molecule has 0 aliphatic heterocycles. The van der Waals surface area contributed by atoms with Gasteiger partial charge in [0, 0.05) is 6.08 Å². The van der Waals surface area contributed by atoms with E-state index in [1.807, 2.05) is 30.3 Å². The van der Waals surface area contributed by atoms with Crippen molar-refractivity contribution in [2.24, 2.45) is 0 Å². The zero-order valence-electron chi connectivity index (χ0n) is 12.3. The number of carbonyl (C=O) groups is 4. The van der Waals surface area contributed by atoms with E-state index in [2.05, 4.69) is 0 Å². The van der Waals surface area contributed by atoms with Gasteiger partial charge in [-0.25, -0.2) is 9.59 Å². The third-order valence-corrected chi connectivity index (χ3v) is 2.46. The number of aliphatic hydroxyl groups is 3. The quantitative estimate of drug-likeness (QED) is 0.230. The average molecular weight is 340 g/mol. The minimum atomic E-state index is -2.20. The molecule has 0 spiro atoms. The van der Waals surface area contributed by atoms with Gasteiger partial charge in [-0.1, -0.05) is 30.3 Å². The van der Waals surface area contributed by atoms with Crippen LogP contribution in [0.25, 0.3) is 6.08 Å². The minimum Gasteiger partial charge on any atom is -0.478 e. The summed E-state index contributed by atoms with van der Waals surface area (Å²) in [6.45, 7) is -0.945. The molecule has 0 saturated heterocycles. The molecule has 2 atom stereocenters. The lowest BCUT2D eigenvalue weighted by Gasteiger charge is -2.11.